The van der Waals surface area contributed by atoms with Gasteiger partial charge >= 0.3 is 6.18 Å². The van der Waals surface area contributed by atoms with Gasteiger partial charge < -0.3 is 10.2 Å². The van der Waals surface area contributed by atoms with E-state index in [2.05, 4.69) is 20.3 Å². The van der Waals surface area contributed by atoms with Crippen LogP contribution in [0.25, 0.3) is 11.4 Å². The number of halogens is 4. The van der Waals surface area contributed by atoms with Crippen LogP contribution in [0.1, 0.15) is 41.3 Å². The van der Waals surface area contributed by atoms with Crippen LogP contribution in [0.5, 0.6) is 0 Å². The Kier molecular flexibility index (Phi) is 7.00. The summed E-state index contributed by atoms with van der Waals surface area (Å²) in [5.41, 5.74) is 0.0347. The summed E-state index contributed by atoms with van der Waals surface area (Å²) in [6.07, 6.45) is 0.982. The summed E-state index contributed by atoms with van der Waals surface area (Å²) in [6, 6.07) is 6.54. The third-order valence-electron chi connectivity index (χ3n) is 6.21. The normalized spacial score (nSPS) is 18.4. The van der Waals surface area contributed by atoms with Crippen molar-refractivity contribution < 1.29 is 22.4 Å². The molecule has 1 aliphatic heterocycles. The van der Waals surface area contributed by atoms with Gasteiger partial charge in [-0.2, -0.15) is 13.2 Å². The first-order chi connectivity index (χ1) is 16.6. The summed E-state index contributed by atoms with van der Waals surface area (Å²) < 4.78 is 53.6. The number of carbonyl (C=O) groups is 1. The molecule has 35 heavy (non-hydrogen) atoms. The fourth-order valence-corrected chi connectivity index (χ4v) is 4.41. The Morgan fingerprint density at radius 3 is 2.57 bits per heavy atom. The fraction of sp³-hybridized carbons (Fsp3) is 0.360. The molecule has 3 aromatic rings. The minimum atomic E-state index is -4.47. The van der Waals surface area contributed by atoms with Crippen LogP contribution < -0.4 is 5.32 Å². The number of pyridine rings is 1. The molecule has 1 aromatic carbocycles. The average Bonchev–Trinajstić information content (AvgIpc) is 2.82. The summed E-state index contributed by atoms with van der Waals surface area (Å²) in [4.78, 5) is 27.6. The van der Waals surface area contributed by atoms with E-state index in [4.69, 9.17) is 0 Å². The Morgan fingerprint density at radius 2 is 1.91 bits per heavy atom. The molecule has 1 fully saturated rings. The number of hydrogen-bond acceptors (Lipinski definition) is 5. The molecule has 10 heteroatoms. The Hall–Kier alpha value is -3.56. The Balaban J connectivity index is 1.60. The number of benzene rings is 1. The highest BCUT2D eigenvalue weighted by Crippen LogP contribution is 2.31. The van der Waals surface area contributed by atoms with Gasteiger partial charge in [-0.25, -0.2) is 19.3 Å². The van der Waals surface area contributed by atoms with Crippen LogP contribution >= 0.6 is 0 Å². The van der Waals surface area contributed by atoms with Crippen molar-refractivity contribution in [2.75, 3.05) is 18.4 Å². The summed E-state index contributed by atoms with van der Waals surface area (Å²) in [7, 11) is 0. The number of anilines is 1. The van der Waals surface area contributed by atoms with Crippen LogP contribution in [0.4, 0.5) is 23.4 Å². The second kappa shape index (κ2) is 9.97. The van der Waals surface area contributed by atoms with E-state index in [1.54, 1.807) is 24.0 Å². The molecule has 0 bridgehead atoms. The molecule has 3 heterocycles. The lowest BCUT2D eigenvalue weighted by Crippen LogP contribution is -2.51. The molecule has 1 unspecified atom stereocenters. The van der Waals surface area contributed by atoms with Crippen molar-refractivity contribution in [2.45, 2.75) is 38.9 Å². The van der Waals surface area contributed by atoms with Crippen molar-refractivity contribution >= 4 is 11.7 Å². The molecule has 0 aliphatic carbocycles. The SMILES string of the molecule is Cc1cc(F)c(C(=O)N2CCC[C@@H](C)C2CNc2ccc(C(F)(F)F)cn2)c(-c2ncccn2)c1. The zero-order valence-corrected chi connectivity index (χ0v) is 19.3. The third kappa shape index (κ3) is 5.41. The Bertz CT molecular complexity index is 1180. The van der Waals surface area contributed by atoms with Crippen LogP contribution in [0.15, 0.2) is 48.9 Å². The monoisotopic (exact) mass is 487 g/mol. The molecule has 1 saturated heterocycles. The lowest BCUT2D eigenvalue weighted by molar-refractivity contribution is -0.137. The minimum Gasteiger partial charge on any atom is -0.368 e. The molecule has 0 spiro atoms. The maximum absolute atomic E-state index is 15.2. The fourth-order valence-electron chi connectivity index (χ4n) is 4.41. The van der Waals surface area contributed by atoms with E-state index in [-0.39, 0.29) is 35.7 Å². The first kappa shape index (κ1) is 24.6. The van der Waals surface area contributed by atoms with Gasteiger partial charge in [0.25, 0.3) is 5.91 Å². The van der Waals surface area contributed by atoms with Gasteiger partial charge in [-0.05, 0) is 61.6 Å². The van der Waals surface area contributed by atoms with Crippen LogP contribution in [0.2, 0.25) is 0 Å². The van der Waals surface area contributed by atoms with Gasteiger partial charge in [0, 0.05) is 37.2 Å². The van der Waals surface area contributed by atoms with E-state index in [0.717, 1.165) is 25.1 Å². The van der Waals surface area contributed by atoms with E-state index >= 15 is 4.39 Å². The summed E-state index contributed by atoms with van der Waals surface area (Å²) in [5, 5.41) is 3.04. The number of likely N-dealkylation sites (tertiary alicyclic amines) is 1. The molecule has 0 saturated carbocycles. The second-order valence-electron chi connectivity index (χ2n) is 8.74. The highest BCUT2D eigenvalue weighted by Gasteiger charge is 2.35. The predicted molar refractivity (Wildman–Crippen MR) is 123 cm³/mol. The zero-order valence-electron chi connectivity index (χ0n) is 19.3. The van der Waals surface area contributed by atoms with Crippen molar-refractivity contribution in [3.63, 3.8) is 0 Å². The smallest absolute Gasteiger partial charge is 0.368 e. The van der Waals surface area contributed by atoms with E-state index < -0.39 is 23.5 Å². The maximum atomic E-state index is 15.2. The van der Waals surface area contributed by atoms with Crippen molar-refractivity contribution in [1.82, 2.24) is 19.9 Å². The molecular formula is C25H25F4N5O. The van der Waals surface area contributed by atoms with E-state index in [0.29, 0.717) is 17.7 Å². The first-order valence-electron chi connectivity index (χ1n) is 11.3. The highest BCUT2D eigenvalue weighted by molar-refractivity contribution is 6.00. The molecule has 184 valence electrons. The molecule has 6 nitrogen and oxygen atoms in total. The molecule has 1 amide bonds. The van der Waals surface area contributed by atoms with Gasteiger partial charge in [0.05, 0.1) is 17.2 Å². The first-order valence-corrected chi connectivity index (χ1v) is 11.3. The highest BCUT2D eigenvalue weighted by atomic mass is 19.4. The molecule has 1 N–H and O–H groups in total. The standard InChI is InChI=1S/C25H25F4N5O/c1-15-11-18(23-30-8-4-9-31-23)22(19(26)12-15)24(35)34-10-3-5-16(2)20(34)14-33-21-7-6-17(13-32-21)25(27,28)29/h4,6-9,11-13,16,20H,3,5,10,14H2,1-2H3,(H,32,33)/t16-,20?/m1/s1. The number of rotatable bonds is 5. The van der Waals surface area contributed by atoms with Gasteiger partial charge in [0.15, 0.2) is 5.82 Å². The second-order valence-corrected chi connectivity index (χ2v) is 8.74. The minimum absolute atomic E-state index is 0.0829. The number of piperidine rings is 1. The third-order valence-corrected chi connectivity index (χ3v) is 6.21. The van der Waals surface area contributed by atoms with Gasteiger partial charge in [-0.15, -0.1) is 0 Å². The van der Waals surface area contributed by atoms with Crippen LogP contribution in [-0.2, 0) is 6.18 Å². The van der Waals surface area contributed by atoms with Crippen molar-refractivity contribution in [1.29, 1.82) is 0 Å². The number of nitrogens with one attached hydrogen (secondary N) is 1. The molecule has 4 rings (SSSR count). The molecule has 2 atom stereocenters. The van der Waals surface area contributed by atoms with Crippen molar-refractivity contribution in [3.8, 4) is 11.4 Å². The maximum Gasteiger partial charge on any atom is 0.417 e. The molecule has 0 radical (unpaired) electrons. The number of alkyl halides is 3. The van der Waals surface area contributed by atoms with Crippen LogP contribution in [0, 0.1) is 18.7 Å². The van der Waals surface area contributed by atoms with Crippen LogP contribution in [0.3, 0.4) is 0 Å². The number of hydrogen-bond donors (Lipinski definition) is 1. The summed E-state index contributed by atoms with van der Waals surface area (Å²) in [5.74, 6) is -0.509. The predicted octanol–water partition coefficient (Wildman–Crippen LogP) is 5.36. The topological polar surface area (TPSA) is 71.0 Å². The van der Waals surface area contributed by atoms with Gasteiger partial charge in [0.2, 0.25) is 0 Å². The molecular weight excluding hydrogens is 462 g/mol. The Morgan fingerprint density at radius 1 is 1.17 bits per heavy atom. The quantitative estimate of drug-likeness (QED) is 0.491. The molecule has 1 aliphatic rings. The number of carbonyl (C=O) groups excluding carboxylic acids is 1. The van der Waals surface area contributed by atoms with E-state index in [1.807, 2.05) is 6.92 Å². The Labute approximate surface area is 200 Å². The summed E-state index contributed by atoms with van der Waals surface area (Å²) >= 11 is 0. The van der Waals surface area contributed by atoms with E-state index in [9.17, 15) is 18.0 Å². The number of nitrogens with zero attached hydrogens (tertiary/aromatic N) is 4. The van der Waals surface area contributed by atoms with Gasteiger partial charge in [0.1, 0.15) is 11.6 Å². The van der Waals surface area contributed by atoms with Crippen molar-refractivity contribution in [2.24, 2.45) is 5.92 Å². The number of amides is 1. The van der Waals surface area contributed by atoms with Crippen molar-refractivity contribution in [3.05, 3.63) is 71.4 Å². The van der Waals surface area contributed by atoms with Gasteiger partial charge in [-0.1, -0.05) is 6.92 Å². The van der Waals surface area contributed by atoms with Crippen LogP contribution in [-0.4, -0.2) is 44.9 Å². The number of aromatic nitrogens is 3. The summed E-state index contributed by atoms with van der Waals surface area (Å²) in [6.45, 7) is 4.42. The largest absolute Gasteiger partial charge is 0.417 e. The molecule has 2 aromatic heterocycles. The van der Waals surface area contributed by atoms with Gasteiger partial charge in [-0.3, -0.25) is 4.79 Å². The van der Waals surface area contributed by atoms with E-state index in [1.165, 1.54) is 24.5 Å². The zero-order chi connectivity index (χ0) is 25.2. The number of aryl methyl sites for hydroxylation is 1. The lowest BCUT2D eigenvalue weighted by Gasteiger charge is -2.40. The lowest BCUT2D eigenvalue weighted by atomic mass is 9.89. The average molecular weight is 488 g/mol.